The topological polar surface area (TPSA) is 81.6 Å². The number of hydrogen-bond acceptors (Lipinski definition) is 6. The van der Waals surface area contributed by atoms with Crippen LogP contribution in [0.2, 0.25) is 0 Å². The fourth-order valence-corrected chi connectivity index (χ4v) is 4.01. The fraction of sp³-hybridized carbons (Fsp3) is 0.429. The van der Waals surface area contributed by atoms with E-state index in [4.69, 9.17) is 9.47 Å². The average molecular weight is 381 g/mol. The second kappa shape index (κ2) is 8.06. The maximum Gasteiger partial charge on any atom is 0.410 e. The number of ether oxygens (including phenoxy) is 2. The summed E-state index contributed by atoms with van der Waals surface area (Å²) >= 11 is 0. The highest BCUT2D eigenvalue weighted by Crippen LogP contribution is 2.34. The lowest BCUT2D eigenvalue weighted by atomic mass is 9.82. The largest absolute Gasteiger partial charge is 0.445 e. The monoisotopic (exact) mass is 381 g/mol. The molecule has 2 fully saturated rings. The number of nitrogens with zero attached hydrogens (tertiary/aromatic N) is 3. The normalized spacial score (nSPS) is 23.9. The molecule has 0 radical (unpaired) electrons. The number of aryl methyl sites for hydroxylation is 1. The van der Waals surface area contributed by atoms with Gasteiger partial charge in [-0.2, -0.15) is 0 Å². The van der Waals surface area contributed by atoms with Crippen LogP contribution in [0.1, 0.15) is 34.6 Å². The summed E-state index contributed by atoms with van der Waals surface area (Å²) < 4.78 is 11.2. The van der Waals surface area contributed by atoms with Crippen LogP contribution in [0.3, 0.4) is 0 Å². The Hall–Kier alpha value is -2.80. The van der Waals surface area contributed by atoms with Crippen molar-refractivity contribution >= 4 is 11.9 Å². The van der Waals surface area contributed by atoms with Crippen molar-refractivity contribution in [3.63, 3.8) is 0 Å². The Morgan fingerprint density at radius 2 is 1.86 bits per heavy atom. The molecule has 7 nitrogen and oxygen atoms in total. The van der Waals surface area contributed by atoms with E-state index in [1.165, 1.54) is 6.20 Å². The van der Waals surface area contributed by atoms with Gasteiger partial charge >= 0.3 is 6.09 Å². The molecule has 1 aromatic carbocycles. The minimum atomic E-state index is -0.344. The third-order valence-corrected chi connectivity index (χ3v) is 5.31. The number of aromatic nitrogens is 2. The Kier molecular flexibility index (Phi) is 5.34. The smallest absolute Gasteiger partial charge is 0.410 e. The van der Waals surface area contributed by atoms with E-state index in [0.717, 1.165) is 11.3 Å². The lowest BCUT2D eigenvalue weighted by Gasteiger charge is -2.47. The lowest BCUT2D eigenvalue weighted by Crippen LogP contribution is -2.60. The summed E-state index contributed by atoms with van der Waals surface area (Å²) in [5, 5.41) is 0. The number of rotatable bonds is 4. The van der Waals surface area contributed by atoms with Crippen LogP contribution in [-0.4, -0.2) is 52.0 Å². The quantitative estimate of drug-likeness (QED) is 0.758. The van der Waals surface area contributed by atoms with Gasteiger partial charge in [0.1, 0.15) is 12.3 Å². The van der Waals surface area contributed by atoms with Crippen molar-refractivity contribution in [3.05, 3.63) is 59.7 Å². The number of piperidine rings is 1. The predicted octanol–water partition coefficient (Wildman–Crippen LogP) is 2.78. The van der Waals surface area contributed by atoms with Crippen molar-refractivity contribution in [1.82, 2.24) is 14.9 Å². The Morgan fingerprint density at radius 1 is 1.14 bits per heavy atom. The molecule has 146 valence electrons. The van der Waals surface area contributed by atoms with Crippen LogP contribution in [0, 0.1) is 12.8 Å². The van der Waals surface area contributed by atoms with Crippen LogP contribution < -0.4 is 0 Å². The van der Waals surface area contributed by atoms with Gasteiger partial charge in [0.25, 0.3) is 0 Å². The van der Waals surface area contributed by atoms with Gasteiger partial charge in [0.05, 0.1) is 37.2 Å². The number of hydrogen-bond donors (Lipinski definition) is 0. The van der Waals surface area contributed by atoms with Crippen LogP contribution in [0.4, 0.5) is 4.79 Å². The molecule has 1 aromatic heterocycles. The van der Waals surface area contributed by atoms with Gasteiger partial charge in [0.15, 0.2) is 5.78 Å². The zero-order chi connectivity index (χ0) is 19.5. The predicted molar refractivity (Wildman–Crippen MR) is 101 cm³/mol. The van der Waals surface area contributed by atoms with Crippen molar-refractivity contribution in [1.29, 1.82) is 0 Å². The Labute approximate surface area is 163 Å². The van der Waals surface area contributed by atoms with Crippen LogP contribution in [0.5, 0.6) is 0 Å². The molecule has 2 atom stereocenters. The molecule has 3 heterocycles. The van der Waals surface area contributed by atoms with Gasteiger partial charge in [-0.25, -0.2) is 9.78 Å². The van der Waals surface area contributed by atoms with Gasteiger partial charge in [-0.15, -0.1) is 0 Å². The molecule has 4 rings (SSSR count). The molecule has 2 unspecified atom stereocenters. The number of carbonyl (C=O) groups excluding carboxylic acids is 2. The molecule has 1 amide bonds. The molecule has 0 aliphatic carbocycles. The van der Waals surface area contributed by atoms with Crippen molar-refractivity contribution < 1.29 is 19.1 Å². The molecule has 2 bridgehead atoms. The van der Waals surface area contributed by atoms with E-state index in [9.17, 15) is 9.59 Å². The SMILES string of the molecule is Cc1cncc(C(=O)C2CC3COCC(C2)N3C(=O)OCc2ccccc2)n1. The highest BCUT2D eigenvalue weighted by Gasteiger charge is 2.44. The maximum absolute atomic E-state index is 12.9. The minimum Gasteiger partial charge on any atom is -0.445 e. The first-order valence-electron chi connectivity index (χ1n) is 9.51. The minimum absolute atomic E-state index is 0.00889. The van der Waals surface area contributed by atoms with Gasteiger partial charge in [0, 0.05) is 12.1 Å². The van der Waals surface area contributed by atoms with Gasteiger partial charge < -0.3 is 9.47 Å². The Morgan fingerprint density at radius 3 is 2.54 bits per heavy atom. The molecule has 0 spiro atoms. The molecular formula is C21H23N3O4. The van der Waals surface area contributed by atoms with Crippen LogP contribution >= 0.6 is 0 Å². The summed E-state index contributed by atoms with van der Waals surface area (Å²) in [7, 11) is 0. The number of morpholine rings is 1. The number of carbonyl (C=O) groups is 2. The lowest BCUT2D eigenvalue weighted by molar-refractivity contribution is -0.0756. The highest BCUT2D eigenvalue weighted by atomic mass is 16.6. The molecular weight excluding hydrogens is 358 g/mol. The second-order valence-corrected chi connectivity index (χ2v) is 7.37. The van der Waals surface area contributed by atoms with Crippen molar-refractivity contribution in [2.24, 2.45) is 5.92 Å². The van der Waals surface area contributed by atoms with Crippen molar-refractivity contribution in [3.8, 4) is 0 Å². The van der Waals surface area contributed by atoms with Crippen molar-refractivity contribution in [2.75, 3.05) is 13.2 Å². The summed E-state index contributed by atoms with van der Waals surface area (Å²) in [6, 6.07) is 9.27. The molecule has 2 aromatic rings. The van der Waals surface area contributed by atoms with E-state index in [0.29, 0.717) is 31.7 Å². The third-order valence-electron chi connectivity index (χ3n) is 5.31. The van der Waals surface area contributed by atoms with E-state index < -0.39 is 0 Å². The molecule has 2 saturated heterocycles. The van der Waals surface area contributed by atoms with Crippen LogP contribution in [0.15, 0.2) is 42.7 Å². The van der Waals surface area contributed by atoms with E-state index in [-0.39, 0.29) is 36.5 Å². The van der Waals surface area contributed by atoms with E-state index >= 15 is 0 Å². The standard InChI is InChI=1S/C21H23N3O4/c1-14-9-22-10-19(23-14)20(25)16-7-17-12-27-13-18(8-16)24(17)21(26)28-11-15-5-3-2-4-6-15/h2-6,9-10,16-18H,7-8,11-13H2,1H3. The number of benzene rings is 1. The molecule has 0 saturated carbocycles. The molecule has 2 aliphatic heterocycles. The zero-order valence-corrected chi connectivity index (χ0v) is 15.8. The fourth-order valence-electron chi connectivity index (χ4n) is 4.01. The first-order chi connectivity index (χ1) is 13.6. The highest BCUT2D eigenvalue weighted by molar-refractivity contribution is 5.96. The summed E-state index contributed by atoms with van der Waals surface area (Å²) in [5.74, 6) is -0.196. The summed E-state index contributed by atoms with van der Waals surface area (Å²) in [5.41, 5.74) is 2.06. The molecule has 7 heteroatoms. The number of ketones is 1. The third kappa shape index (κ3) is 3.89. The Balaban J connectivity index is 1.43. The first-order valence-corrected chi connectivity index (χ1v) is 9.51. The second-order valence-electron chi connectivity index (χ2n) is 7.37. The number of fused-ring (bicyclic) bond motifs is 2. The van der Waals surface area contributed by atoms with Crippen LogP contribution in [-0.2, 0) is 16.1 Å². The average Bonchev–Trinajstić information content (AvgIpc) is 2.71. The van der Waals surface area contributed by atoms with Gasteiger partial charge in [-0.05, 0) is 25.3 Å². The van der Waals surface area contributed by atoms with Gasteiger partial charge in [-0.1, -0.05) is 30.3 Å². The van der Waals surface area contributed by atoms with Crippen molar-refractivity contribution in [2.45, 2.75) is 38.5 Å². The molecule has 28 heavy (non-hydrogen) atoms. The number of Topliss-reactive ketones (excluding diaryl/α,β-unsaturated/α-hetero) is 1. The van der Waals surface area contributed by atoms with Gasteiger partial charge in [0.2, 0.25) is 0 Å². The zero-order valence-electron chi connectivity index (χ0n) is 15.8. The van der Waals surface area contributed by atoms with E-state index in [1.54, 1.807) is 11.1 Å². The molecule has 0 N–H and O–H groups in total. The summed E-state index contributed by atoms with van der Waals surface area (Å²) in [6.07, 6.45) is 3.90. The van der Waals surface area contributed by atoms with Gasteiger partial charge in [-0.3, -0.25) is 14.7 Å². The Bertz CT molecular complexity index is 844. The first kappa shape index (κ1) is 18.6. The summed E-state index contributed by atoms with van der Waals surface area (Å²) in [6.45, 7) is 2.88. The summed E-state index contributed by atoms with van der Waals surface area (Å²) in [4.78, 5) is 35.8. The van der Waals surface area contributed by atoms with E-state index in [2.05, 4.69) is 9.97 Å². The molecule has 2 aliphatic rings. The maximum atomic E-state index is 12.9. The van der Waals surface area contributed by atoms with Crippen LogP contribution in [0.25, 0.3) is 0 Å². The number of amides is 1. The van der Waals surface area contributed by atoms with E-state index in [1.807, 2.05) is 37.3 Å².